The van der Waals surface area contributed by atoms with Gasteiger partial charge in [0, 0.05) is 30.0 Å². The third kappa shape index (κ3) is 4.56. The highest BCUT2D eigenvalue weighted by Crippen LogP contribution is 2.25. The van der Waals surface area contributed by atoms with Crippen LogP contribution in [0.3, 0.4) is 0 Å². The quantitative estimate of drug-likeness (QED) is 0.569. The van der Waals surface area contributed by atoms with Crippen LogP contribution in [0.5, 0.6) is 0 Å². The third-order valence-electron chi connectivity index (χ3n) is 5.56. The van der Waals surface area contributed by atoms with E-state index in [1.54, 1.807) is 29.4 Å². The first kappa shape index (κ1) is 20.9. The number of furan rings is 1. The summed E-state index contributed by atoms with van der Waals surface area (Å²) < 4.78 is 18.6. The Hall–Kier alpha value is -3.32. The van der Waals surface area contributed by atoms with Gasteiger partial charge in [0.15, 0.2) is 0 Å². The Morgan fingerprint density at radius 3 is 2.48 bits per heavy atom. The van der Waals surface area contributed by atoms with Crippen molar-refractivity contribution < 1.29 is 23.5 Å². The predicted octanol–water partition coefficient (Wildman–Crippen LogP) is 3.50. The predicted molar refractivity (Wildman–Crippen MR) is 114 cm³/mol. The maximum atomic E-state index is 13.2. The molecule has 3 heterocycles. The summed E-state index contributed by atoms with van der Waals surface area (Å²) in [5.74, 6) is 0.0490. The Kier molecular flexibility index (Phi) is 6.23. The number of ether oxygens (including phenoxy) is 2. The summed E-state index contributed by atoms with van der Waals surface area (Å²) in [5, 5.41) is 0. The summed E-state index contributed by atoms with van der Waals surface area (Å²) in [6.45, 7) is 6.25. The molecule has 7 nitrogen and oxygen atoms in total. The highest BCUT2D eigenvalue weighted by atomic mass is 16.5. The molecule has 0 bridgehead atoms. The number of nitrogens with zero attached hydrogens (tertiary/aromatic N) is 2. The maximum Gasteiger partial charge on any atom is 0.341 e. The molecule has 2 aromatic heterocycles. The van der Waals surface area contributed by atoms with E-state index in [9.17, 15) is 9.59 Å². The van der Waals surface area contributed by atoms with E-state index < -0.39 is 12.1 Å². The topological polar surface area (TPSA) is 73.9 Å². The lowest BCUT2D eigenvalue weighted by Gasteiger charge is -2.30. The smallest absolute Gasteiger partial charge is 0.341 e. The highest BCUT2D eigenvalue weighted by molar-refractivity contribution is 5.94. The average molecular weight is 422 g/mol. The number of carbonyl (C=O) groups is 2. The standard InChI is InChI=1S/C24H26N2O5/c1-17-15-21(18(2)26(17)16-20-9-6-12-30-20)24(28)31-22(19-7-4-3-5-8-19)23(27)25-10-13-29-14-11-25/h3-9,12,15,22H,10-11,13-14,16H2,1-2H3. The van der Waals surface area contributed by atoms with Crippen LogP contribution in [0, 0.1) is 13.8 Å². The van der Waals surface area contributed by atoms with Gasteiger partial charge in [0.2, 0.25) is 6.10 Å². The SMILES string of the molecule is Cc1cc(C(=O)OC(C(=O)N2CCOCC2)c2ccccc2)c(C)n1Cc1ccco1. The highest BCUT2D eigenvalue weighted by Gasteiger charge is 2.31. The largest absolute Gasteiger partial charge is 0.467 e. The van der Waals surface area contributed by atoms with Gasteiger partial charge in [-0.2, -0.15) is 0 Å². The first-order valence-corrected chi connectivity index (χ1v) is 10.4. The van der Waals surface area contributed by atoms with Gasteiger partial charge in [-0.3, -0.25) is 4.79 Å². The number of rotatable bonds is 6. The summed E-state index contributed by atoms with van der Waals surface area (Å²) in [6.07, 6.45) is 0.625. The molecular formula is C24H26N2O5. The van der Waals surface area contributed by atoms with Crippen molar-refractivity contribution in [1.29, 1.82) is 0 Å². The Morgan fingerprint density at radius 2 is 1.81 bits per heavy atom. The molecule has 1 aliphatic rings. The van der Waals surface area contributed by atoms with E-state index in [0.717, 1.165) is 17.1 Å². The van der Waals surface area contributed by atoms with E-state index in [1.165, 1.54) is 0 Å². The van der Waals surface area contributed by atoms with E-state index in [-0.39, 0.29) is 5.91 Å². The minimum absolute atomic E-state index is 0.229. The van der Waals surface area contributed by atoms with Gasteiger partial charge >= 0.3 is 5.97 Å². The van der Waals surface area contributed by atoms with Crippen molar-refractivity contribution >= 4 is 11.9 Å². The van der Waals surface area contributed by atoms with Gasteiger partial charge in [0.1, 0.15) is 5.76 Å². The summed E-state index contributed by atoms with van der Waals surface area (Å²) >= 11 is 0. The molecule has 162 valence electrons. The van der Waals surface area contributed by atoms with Crippen LogP contribution in [0.4, 0.5) is 0 Å². The number of aryl methyl sites for hydroxylation is 1. The number of esters is 1. The molecule has 1 aromatic carbocycles. The zero-order valence-electron chi connectivity index (χ0n) is 17.7. The minimum atomic E-state index is -1.00. The number of benzene rings is 1. The van der Waals surface area contributed by atoms with Crippen LogP contribution in [-0.2, 0) is 20.8 Å². The molecule has 31 heavy (non-hydrogen) atoms. The number of aromatic nitrogens is 1. The first-order chi connectivity index (χ1) is 15.0. The fourth-order valence-electron chi connectivity index (χ4n) is 3.82. The molecule has 0 N–H and O–H groups in total. The van der Waals surface area contributed by atoms with Gasteiger partial charge in [-0.05, 0) is 32.0 Å². The number of morpholine rings is 1. The van der Waals surface area contributed by atoms with Crippen LogP contribution in [0.2, 0.25) is 0 Å². The van der Waals surface area contributed by atoms with Crippen LogP contribution >= 0.6 is 0 Å². The molecule has 0 saturated carbocycles. The summed E-state index contributed by atoms with van der Waals surface area (Å²) in [4.78, 5) is 28.0. The normalized spacial score (nSPS) is 15.0. The van der Waals surface area contributed by atoms with Crippen LogP contribution in [0.1, 0.15) is 39.2 Å². The van der Waals surface area contributed by atoms with E-state index in [2.05, 4.69) is 0 Å². The molecule has 7 heteroatoms. The Labute approximate surface area is 181 Å². The molecule has 4 rings (SSSR count). The fourth-order valence-corrected chi connectivity index (χ4v) is 3.82. The average Bonchev–Trinajstić information content (AvgIpc) is 3.42. The van der Waals surface area contributed by atoms with E-state index in [0.29, 0.717) is 44.0 Å². The summed E-state index contributed by atoms with van der Waals surface area (Å²) in [7, 11) is 0. The number of carbonyl (C=O) groups excluding carboxylic acids is 2. The van der Waals surface area contributed by atoms with Gasteiger partial charge in [0.05, 0.1) is 31.6 Å². The Bertz CT molecular complexity index is 1030. The number of amides is 1. The van der Waals surface area contributed by atoms with Crippen molar-refractivity contribution in [1.82, 2.24) is 9.47 Å². The molecule has 1 unspecified atom stereocenters. The van der Waals surface area contributed by atoms with E-state index >= 15 is 0 Å². The molecule has 0 radical (unpaired) electrons. The zero-order valence-corrected chi connectivity index (χ0v) is 17.7. The number of hydrogen-bond donors (Lipinski definition) is 0. The second-order valence-corrected chi connectivity index (χ2v) is 7.58. The second kappa shape index (κ2) is 9.22. The van der Waals surface area contributed by atoms with Gasteiger partial charge in [-0.15, -0.1) is 0 Å². The van der Waals surface area contributed by atoms with Gasteiger partial charge in [-0.1, -0.05) is 30.3 Å². The van der Waals surface area contributed by atoms with Gasteiger partial charge in [-0.25, -0.2) is 4.79 Å². The maximum absolute atomic E-state index is 13.2. The molecule has 1 fully saturated rings. The third-order valence-corrected chi connectivity index (χ3v) is 5.56. The molecule has 1 saturated heterocycles. The van der Waals surface area contributed by atoms with Crippen molar-refractivity contribution in [2.75, 3.05) is 26.3 Å². The van der Waals surface area contributed by atoms with Crippen LogP contribution in [0.15, 0.2) is 59.2 Å². The lowest BCUT2D eigenvalue weighted by Crippen LogP contribution is -2.44. The molecule has 0 aliphatic carbocycles. The zero-order chi connectivity index (χ0) is 21.8. The van der Waals surface area contributed by atoms with Crippen molar-refractivity contribution in [3.63, 3.8) is 0 Å². The number of hydrogen-bond acceptors (Lipinski definition) is 5. The van der Waals surface area contributed by atoms with Crippen molar-refractivity contribution in [3.8, 4) is 0 Å². The molecule has 1 atom stereocenters. The fraction of sp³-hybridized carbons (Fsp3) is 0.333. The van der Waals surface area contributed by atoms with Gasteiger partial charge < -0.3 is 23.4 Å². The Balaban J connectivity index is 1.58. The minimum Gasteiger partial charge on any atom is -0.467 e. The second-order valence-electron chi connectivity index (χ2n) is 7.58. The van der Waals surface area contributed by atoms with Crippen molar-refractivity contribution in [3.05, 3.63) is 83.1 Å². The van der Waals surface area contributed by atoms with E-state index in [1.807, 2.05) is 48.7 Å². The van der Waals surface area contributed by atoms with Crippen LogP contribution < -0.4 is 0 Å². The first-order valence-electron chi connectivity index (χ1n) is 10.4. The molecular weight excluding hydrogens is 396 g/mol. The molecule has 3 aromatic rings. The van der Waals surface area contributed by atoms with Crippen LogP contribution in [-0.4, -0.2) is 47.6 Å². The lowest BCUT2D eigenvalue weighted by molar-refractivity contribution is -0.145. The Morgan fingerprint density at radius 1 is 1.06 bits per heavy atom. The molecule has 0 spiro atoms. The molecule has 1 aliphatic heterocycles. The summed E-state index contributed by atoms with van der Waals surface area (Å²) in [5.41, 5.74) is 2.78. The van der Waals surface area contributed by atoms with Crippen LogP contribution in [0.25, 0.3) is 0 Å². The van der Waals surface area contributed by atoms with Crippen molar-refractivity contribution in [2.24, 2.45) is 0 Å². The lowest BCUT2D eigenvalue weighted by atomic mass is 10.1. The van der Waals surface area contributed by atoms with Gasteiger partial charge in [0.25, 0.3) is 5.91 Å². The monoisotopic (exact) mass is 422 g/mol. The molecule has 1 amide bonds. The summed E-state index contributed by atoms with van der Waals surface area (Å²) in [6, 6.07) is 14.7. The van der Waals surface area contributed by atoms with Crippen molar-refractivity contribution in [2.45, 2.75) is 26.5 Å². The van der Waals surface area contributed by atoms with E-state index in [4.69, 9.17) is 13.9 Å².